The number of aromatic nitrogens is 3. The molecule has 1 aliphatic rings. The van der Waals surface area contributed by atoms with Gasteiger partial charge in [0.1, 0.15) is 0 Å². The number of rotatable bonds is 3. The van der Waals surface area contributed by atoms with Crippen LogP contribution in [0.2, 0.25) is 0 Å². The van der Waals surface area contributed by atoms with Crippen molar-refractivity contribution < 1.29 is 4.79 Å². The summed E-state index contributed by atoms with van der Waals surface area (Å²) in [6.07, 6.45) is 3.89. The van der Waals surface area contributed by atoms with Crippen molar-refractivity contribution in [2.75, 3.05) is 31.1 Å². The van der Waals surface area contributed by atoms with Gasteiger partial charge in [0.2, 0.25) is 0 Å². The second kappa shape index (κ2) is 7.23. The number of anilines is 1. The average molecular weight is 361 g/mol. The second-order valence-electron chi connectivity index (χ2n) is 7.00. The molecule has 1 saturated heterocycles. The third kappa shape index (κ3) is 3.69. The quantitative estimate of drug-likeness (QED) is 0.720. The first-order valence-electron chi connectivity index (χ1n) is 9.20. The van der Waals surface area contributed by atoms with Gasteiger partial charge in [0, 0.05) is 44.1 Å². The normalized spacial score (nSPS) is 14.4. The molecular weight excluding hydrogens is 338 g/mol. The highest BCUT2D eigenvalue weighted by Crippen LogP contribution is 2.17. The van der Waals surface area contributed by atoms with Gasteiger partial charge in [-0.3, -0.25) is 4.79 Å². The minimum atomic E-state index is 0.107. The summed E-state index contributed by atoms with van der Waals surface area (Å²) in [6, 6.07) is 13.9. The summed E-state index contributed by atoms with van der Waals surface area (Å²) < 4.78 is 1.93. The van der Waals surface area contributed by atoms with Crippen LogP contribution < -0.4 is 4.90 Å². The molecule has 138 valence electrons. The summed E-state index contributed by atoms with van der Waals surface area (Å²) >= 11 is 0. The van der Waals surface area contributed by atoms with Gasteiger partial charge in [-0.1, -0.05) is 17.2 Å². The fourth-order valence-corrected chi connectivity index (χ4v) is 3.53. The Bertz CT molecular complexity index is 905. The molecule has 3 aromatic rings. The Kier molecular flexibility index (Phi) is 4.62. The fourth-order valence-electron chi connectivity index (χ4n) is 3.53. The number of carbonyl (C=O) groups is 1. The smallest absolute Gasteiger partial charge is 0.253 e. The molecule has 6 heteroatoms. The van der Waals surface area contributed by atoms with Crippen LogP contribution in [0.25, 0.3) is 5.82 Å². The van der Waals surface area contributed by atoms with Gasteiger partial charge in [0.05, 0.1) is 0 Å². The first-order valence-corrected chi connectivity index (χ1v) is 9.20. The third-order valence-electron chi connectivity index (χ3n) is 4.86. The molecule has 4 rings (SSSR count). The summed E-state index contributed by atoms with van der Waals surface area (Å²) in [5.41, 5.74) is 3.02. The molecule has 1 aliphatic heterocycles. The highest BCUT2D eigenvalue weighted by molar-refractivity contribution is 5.94. The van der Waals surface area contributed by atoms with Crippen LogP contribution in [-0.2, 0) is 0 Å². The van der Waals surface area contributed by atoms with E-state index in [4.69, 9.17) is 0 Å². The van der Waals surface area contributed by atoms with Crippen molar-refractivity contribution in [3.05, 3.63) is 71.5 Å². The van der Waals surface area contributed by atoms with Crippen molar-refractivity contribution in [3.63, 3.8) is 0 Å². The topological polar surface area (TPSA) is 54.3 Å². The molecule has 0 spiro atoms. The standard InChI is InChI=1S/C21H23N5O/c1-16-13-17(2)15-18(14-16)21(27)26-11-9-25(10-12-26)20-6-5-19(22-23-20)24-7-3-4-8-24/h3-8,13-15H,9-12H2,1-2H3. The van der Waals surface area contributed by atoms with Crippen molar-refractivity contribution in [2.24, 2.45) is 0 Å². The zero-order valence-electron chi connectivity index (χ0n) is 15.7. The zero-order valence-corrected chi connectivity index (χ0v) is 15.7. The molecule has 0 unspecified atom stereocenters. The molecular formula is C21H23N5O. The van der Waals surface area contributed by atoms with Gasteiger partial charge in [-0.2, -0.15) is 0 Å². The van der Waals surface area contributed by atoms with E-state index in [2.05, 4.69) is 21.2 Å². The number of carbonyl (C=O) groups excluding carboxylic acids is 1. The third-order valence-corrected chi connectivity index (χ3v) is 4.86. The van der Waals surface area contributed by atoms with Crippen molar-refractivity contribution in [2.45, 2.75) is 13.8 Å². The van der Waals surface area contributed by atoms with Crippen LogP contribution in [0.3, 0.4) is 0 Å². The monoisotopic (exact) mass is 361 g/mol. The lowest BCUT2D eigenvalue weighted by Crippen LogP contribution is -2.49. The molecule has 0 bridgehead atoms. The van der Waals surface area contributed by atoms with Crippen molar-refractivity contribution in [3.8, 4) is 5.82 Å². The number of hydrogen-bond acceptors (Lipinski definition) is 4. The number of benzene rings is 1. The van der Waals surface area contributed by atoms with E-state index in [-0.39, 0.29) is 5.91 Å². The molecule has 0 radical (unpaired) electrons. The molecule has 27 heavy (non-hydrogen) atoms. The highest BCUT2D eigenvalue weighted by atomic mass is 16.2. The maximum absolute atomic E-state index is 12.8. The minimum Gasteiger partial charge on any atom is -0.352 e. The Labute approximate surface area is 159 Å². The van der Waals surface area contributed by atoms with Crippen LogP contribution >= 0.6 is 0 Å². The molecule has 0 saturated carbocycles. The predicted molar refractivity (Wildman–Crippen MR) is 105 cm³/mol. The largest absolute Gasteiger partial charge is 0.352 e. The van der Waals surface area contributed by atoms with Gasteiger partial charge >= 0.3 is 0 Å². The van der Waals surface area contributed by atoms with Gasteiger partial charge in [-0.15, -0.1) is 10.2 Å². The number of piperazine rings is 1. The molecule has 1 amide bonds. The van der Waals surface area contributed by atoms with E-state index in [1.807, 2.05) is 72.1 Å². The number of aryl methyl sites for hydroxylation is 2. The van der Waals surface area contributed by atoms with E-state index in [0.717, 1.165) is 41.4 Å². The van der Waals surface area contributed by atoms with E-state index in [1.165, 1.54) is 0 Å². The van der Waals surface area contributed by atoms with Gasteiger partial charge in [-0.05, 0) is 50.2 Å². The van der Waals surface area contributed by atoms with Crippen molar-refractivity contribution in [1.29, 1.82) is 0 Å². The summed E-state index contributed by atoms with van der Waals surface area (Å²) in [7, 11) is 0. The van der Waals surface area contributed by atoms with E-state index < -0.39 is 0 Å². The van der Waals surface area contributed by atoms with E-state index >= 15 is 0 Å². The van der Waals surface area contributed by atoms with Crippen LogP contribution in [0.5, 0.6) is 0 Å². The lowest BCUT2D eigenvalue weighted by molar-refractivity contribution is 0.0746. The lowest BCUT2D eigenvalue weighted by Gasteiger charge is -2.35. The Morgan fingerprint density at radius 1 is 0.852 bits per heavy atom. The first-order chi connectivity index (χ1) is 13.1. The van der Waals surface area contributed by atoms with E-state index in [1.54, 1.807) is 0 Å². The minimum absolute atomic E-state index is 0.107. The van der Waals surface area contributed by atoms with Gasteiger partial charge in [0.15, 0.2) is 11.6 Å². The predicted octanol–water partition coefficient (Wildman–Crippen LogP) is 2.85. The fraction of sp³-hybridized carbons (Fsp3) is 0.286. The van der Waals surface area contributed by atoms with Gasteiger partial charge in [0.25, 0.3) is 5.91 Å². The molecule has 1 aromatic carbocycles. The zero-order chi connectivity index (χ0) is 18.8. The van der Waals surface area contributed by atoms with Crippen molar-refractivity contribution >= 4 is 11.7 Å². The average Bonchev–Trinajstić information content (AvgIpc) is 3.22. The number of nitrogens with zero attached hydrogens (tertiary/aromatic N) is 5. The van der Waals surface area contributed by atoms with Crippen LogP contribution in [0.1, 0.15) is 21.5 Å². The highest BCUT2D eigenvalue weighted by Gasteiger charge is 2.23. The Morgan fingerprint density at radius 3 is 2.04 bits per heavy atom. The lowest BCUT2D eigenvalue weighted by atomic mass is 10.1. The maximum atomic E-state index is 12.8. The summed E-state index contributed by atoms with van der Waals surface area (Å²) in [5.74, 6) is 1.76. The SMILES string of the molecule is Cc1cc(C)cc(C(=O)N2CCN(c3ccc(-n4cccc4)nn3)CC2)c1. The maximum Gasteiger partial charge on any atom is 0.253 e. The second-order valence-corrected chi connectivity index (χ2v) is 7.00. The van der Waals surface area contributed by atoms with Gasteiger partial charge < -0.3 is 14.4 Å². The Balaban J connectivity index is 1.40. The summed E-state index contributed by atoms with van der Waals surface area (Å²) in [5, 5.41) is 8.67. The molecule has 6 nitrogen and oxygen atoms in total. The molecule has 0 N–H and O–H groups in total. The molecule has 3 heterocycles. The number of amides is 1. The summed E-state index contributed by atoms with van der Waals surface area (Å²) in [6.45, 7) is 6.94. The van der Waals surface area contributed by atoms with E-state index in [0.29, 0.717) is 13.1 Å². The van der Waals surface area contributed by atoms with Crippen LogP contribution in [0, 0.1) is 13.8 Å². The van der Waals surface area contributed by atoms with Crippen LogP contribution in [0.15, 0.2) is 54.9 Å². The van der Waals surface area contributed by atoms with Crippen molar-refractivity contribution in [1.82, 2.24) is 19.7 Å². The van der Waals surface area contributed by atoms with Gasteiger partial charge in [-0.25, -0.2) is 0 Å². The molecule has 1 fully saturated rings. The Hall–Kier alpha value is -3.15. The first kappa shape index (κ1) is 17.3. The summed E-state index contributed by atoms with van der Waals surface area (Å²) in [4.78, 5) is 16.9. The van der Waals surface area contributed by atoms with E-state index in [9.17, 15) is 4.79 Å². The van der Waals surface area contributed by atoms with Crippen LogP contribution in [0.4, 0.5) is 5.82 Å². The molecule has 0 aliphatic carbocycles. The Morgan fingerprint density at radius 2 is 1.44 bits per heavy atom. The molecule has 2 aromatic heterocycles. The number of hydrogen-bond donors (Lipinski definition) is 0. The van der Waals surface area contributed by atoms with Crippen LogP contribution in [-0.4, -0.2) is 51.8 Å². The molecule has 0 atom stereocenters.